The van der Waals surface area contributed by atoms with Gasteiger partial charge in [-0.2, -0.15) is 0 Å². The van der Waals surface area contributed by atoms with Crippen LogP contribution in [-0.2, 0) is 4.79 Å². The predicted octanol–water partition coefficient (Wildman–Crippen LogP) is 3.24. The molecule has 1 aromatic carbocycles. The lowest BCUT2D eigenvalue weighted by atomic mass is 10.2. The summed E-state index contributed by atoms with van der Waals surface area (Å²) >= 11 is 0. The largest absolute Gasteiger partial charge is 0.481 e. The van der Waals surface area contributed by atoms with Crippen molar-refractivity contribution in [2.24, 2.45) is 0 Å². The van der Waals surface area contributed by atoms with E-state index in [-0.39, 0.29) is 18.2 Å². The van der Waals surface area contributed by atoms with Gasteiger partial charge in [0, 0.05) is 19.0 Å². The number of benzene rings is 1. The molecule has 0 radical (unpaired) electrons. The molecule has 21 heavy (non-hydrogen) atoms. The molecule has 0 bridgehead atoms. The van der Waals surface area contributed by atoms with E-state index < -0.39 is 17.8 Å². The van der Waals surface area contributed by atoms with Gasteiger partial charge in [-0.25, -0.2) is 9.18 Å². The number of hydrogen-bond acceptors (Lipinski definition) is 2. The minimum absolute atomic E-state index is 0.00474. The molecule has 0 aliphatic carbocycles. The van der Waals surface area contributed by atoms with Crippen LogP contribution < -0.4 is 5.32 Å². The number of urea groups is 1. The van der Waals surface area contributed by atoms with E-state index >= 15 is 0 Å². The third-order valence-electron chi connectivity index (χ3n) is 3.13. The van der Waals surface area contributed by atoms with Crippen LogP contribution in [-0.4, -0.2) is 34.6 Å². The molecular weight excluding hydrogens is 275 g/mol. The Bertz CT molecular complexity index is 497. The zero-order chi connectivity index (χ0) is 16.0. The van der Waals surface area contributed by atoms with Crippen LogP contribution in [0.5, 0.6) is 0 Å². The molecule has 0 atom stereocenters. The van der Waals surface area contributed by atoms with Crippen molar-refractivity contribution >= 4 is 17.7 Å². The monoisotopic (exact) mass is 296 g/mol. The predicted molar refractivity (Wildman–Crippen MR) is 78.9 cm³/mol. The lowest BCUT2D eigenvalue weighted by Gasteiger charge is -2.27. The standard InChI is InChI=1S/C15H21FN2O3/c1-10(2)18(9-5-8-13(19)20)15(21)17-14-11(3)6-4-7-12(14)16/h4,6-7,10H,5,8-9H2,1-3H3,(H,17,21)(H,19,20). The maximum atomic E-state index is 13.7. The molecule has 2 amide bonds. The maximum absolute atomic E-state index is 13.7. The zero-order valence-corrected chi connectivity index (χ0v) is 12.5. The summed E-state index contributed by atoms with van der Waals surface area (Å²) in [4.78, 5) is 24.3. The summed E-state index contributed by atoms with van der Waals surface area (Å²) in [5.41, 5.74) is 0.795. The molecule has 116 valence electrons. The van der Waals surface area contributed by atoms with Crippen molar-refractivity contribution in [3.8, 4) is 0 Å². The number of anilines is 1. The van der Waals surface area contributed by atoms with E-state index in [1.807, 2.05) is 13.8 Å². The Hall–Kier alpha value is -2.11. The van der Waals surface area contributed by atoms with Crippen molar-refractivity contribution in [2.45, 2.75) is 39.7 Å². The molecule has 6 heteroatoms. The van der Waals surface area contributed by atoms with Crippen LogP contribution in [0.3, 0.4) is 0 Å². The van der Waals surface area contributed by atoms with E-state index in [1.165, 1.54) is 11.0 Å². The van der Waals surface area contributed by atoms with Crippen LogP contribution in [0.1, 0.15) is 32.3 Å². The number of rotatable bonds is 6. The number of hydrogen-bond donors (Lipinski definition) is 2. The number of amides is 2. The SMILES string of the molecule is Cc1cccc(F)c1NC(=O)N(CCCC(=O)O)C(C)C. The van der Waals surface area contributed by atoms with Crippen LogP contribution in [0.4, 0.5) is 14.9 Å². The van der Waals surface area contributed by atoms with Crippen molar-refractivity contribution in [3.63, 3.8) is 0 Å². The molecule has 0 fully saturated rings. The fourth-order valence-corrected chi connectivity index (χ4v) is 1.96. The van der Waals surface area contributed by atoms with E-state index in [2.05, 4.69) is 5.32 Å². The second-order valence-electron chi connectivity index (χ2n) is 5.15. The Morgan fingerprint density at radius 1 is 1.38 bits per heavy atom. The van der Waals surface area contributed by atoms with Gasteiger partial charge in [-0.3, -0.25) is 4.79 Å². The Kier molecular flexibility index (Phi) is 6.14. The number of halogens is 1. The Morgan fingerprint density at radius 2 is 2.05 bits per heavy atom. The van der Waals surface area contributed by atoms with E-state index in [0.717, 1.165) is 0 Å². The molecule has 0 aliphatic rings. The van der Waals surface area contributed by atoms with Crippen LogP contribution >= 0.6 is 0 Å². The second-order valence-corrected chi connectivity index (χ2v) is 5.15. The van der Waals surface area contributed by atoms with Crippen molar-refractivity contribution < 1.29 is 19.1 Å². The Balaban J connectivity index is 2.75. The highest BCUT2D eigenvalue weighted by molar-refractivity contribution is 5.90. The van der Waals surface area contributed by atoms with Gasteiger partial charge in [0.25, 0.3) is 0 Å². The number of para-hydroxylation sites is 1. The molecule has 0 heterocycles. The van der Waals surface area contributed by atoms with Gasteiger partial charge in [0.15, 0.2) is 0 Å². The summed E-state index contributed by atoms with van der Waals surface area (Å²) in [7, 11) is 0. The molecule has 0 saturated heterocycles. The minimum Gasteiger partial charge on any atom is -0.481 e. The lowest BCUT2D eigenvalue weighted by Crippen LogP contribution is -2.41. The van der Waals surface area contributed by atoms with Gasteiger partial charge in [-0.05, 0) is 38.8 Å². The zero-order valence-electron chi connectivity index (χ0n) is 12.5. The first-order chi connectivity index (χ1) is 9.82. The average molecular weight is 296 g/mol. The summed E-state index contributed by atoms with van der Waals surface area (Å²) in [6, 6.07) is 4.04. The molecule has 5 nitrogen and oxygen atoms in total. The second kappa shape index (κ2) is 7.61. The van der Waals surface area contributed by atoms with Crippen molar-refractivity contribution in [3.05, 3.63) is 29.6 Å². The molecule has 0 saturated carbocycles. The van der Waals surface area contributed by atoms with Gasteiger partial charge in [-0.1, -0.05) is 12.1 Å². The average Bonchev–Trinajstić information content (AvgIpc) is 2.38. The Labute approximate surface area is 123 Å². The first-order valence-electron chi connectivity index (χ1n) is 6.87. The lowest BCUT2D eigenvalue weighted by molar-refractivity contribution is -0.137. The van der Waals surface area contributed by atoms with Gasteiger partial charge >= 0.3 is 12.0 Å². The molecular formula is C15H21FN2O3. The van der Waals surface area contributed by atoms with Crippen LogP contribution in [0.2, 0.25) is 0 Å². The highest BCUT2D eigenvalue weighted by Crippen LogP contribution is 2.19. The van der Waals surface area contributed by atoms with E-state index in [1.54, 1.807) is 19.1 Å². The smallest absolute Gasteiger partial charge is 0.322 e. The number of nitrogens with one attached hydrogen (secondary N) is 1. The van der Waals surface area contributed by atoms with E-state index in [0.29, 0.717) is 18.5 Å². The highest BCUT2D eigenvalue weighted by Gasteiger charge is 2.19. The fraction of sp³-hybridized carbons (Fsp3) is 0.467. The number of aryl methyl sites for hydroxylation is 1. The number of nitrogens with zero attached hydrogens (tertiary/aromatic N) is 1. The highest BCUT2D eigenvalue weighted by atomic mass is 19.1. The maximum Gasteiger partial charge on any atom is 0.322 e. The first-order valence-corrected chi connectivity index (χ1v) is 6.87. The Morgan fingerprint density at radius 3 is 2.57 bits per heavy atom. The summed E-state index contributed by atoms with van der Waals surface area (Å²) < 4.78 is 13.7. The first kappa shape index (κ1) is 16.9. The number of carbonyl (C=O) groups excluding carboxylic acids is 1. The molecule has 1 aromatic rings. The summed E-state index contributed by atoms with van der Waals surface area (Å²) in [5.74, 6) is -1.39. The molecule has 2 N–H and O–H groups in total. The quantitative estimate of drug-likeness (QED) is 0.846. The van der Waals surface area contributed by atoms with Crippen LogP contribution in [0.15, 0.2) is 18.2 Å². The van der Waals surface area contributed by atoms with Gasteiger partial charge in [-0.15, -0.1) is 0 Å². The van der Waals surface area contributed by atoms with Crippen molar-refractivity contribution in [2.75, 3.05) is 11.9 Å². The summed E-state index contributed by atoms with van der Waals surface area (Å²) in [5, 5.41) is 11.2. The number of carbonyl (C=O) groups is 2. The van der Waals surface area contributed by atoms with Crippen LogP contribution in [0, 0.1) is 12.7 Å². The minimum atomic E-state index is -0.899. The number of carboxylic acid groups (broad SMARTS) is 1. The van der Waals surface area contributed by atoms with E-state index in [4.69, 9.17) is 5.11 Å². The summed E-state index contributed by atoms with van der Waals surface area (Å²) in [6.45, 7) is 5.68. The van der Waals surface area contributed by atoms with E-state index in [9.17, 15) is 14.0 Å². The number of carboxylic acids is 1. The van der Waals surface area contributed by atoms with Gasteiger partial charge in [0.05, 0.1) is 5.69 Å². The normalized spacial score (nSPS) is 10.5. The molecule has 0 spiro atoms. The number of aliphatic carboxylic acids is 1. The molecule has 1 rings (SSSR count). The molecule has 0 aliphatic heterocycles. The van der Waals surface area contributed by atoms with Gasteiger partial charge < -0.3 is 15.3 Å². The van der Waals surface area contributed by atoms with Crippen molar-refractivity contribution in [1.29, 1.82) is 0 Å². The van der Waals surface area contributed by atoms with Crippen LogP contribution in [0.25, 0.3) is 0 Å². The van der Waals surface area contributed by atoms with Gasteiger partial charge in [0.2, 0.25) is 0 Å². The topological polar surface area (TPSA) is 69.6 Å². The third kappa shape index (κ3) is 5.06. The van der Waals surface area contributed by atoms with Gasteiger partial charge in [0.1, 0.15) is 5.82 Å². The fourth-order valence-electron chi connectivity index (χ4n) is 1.96. The van der Waals surface area contributed by atoms with Crippen molar-refractivity contribution in [1.82, 2.24) is 4.90 Å². The third-order valence-corrected chi connectivity index (χ3v) is 3.13. The summed E-state index contributed by atoms with van der Waals surface area (Å²) in [6.07, 6.45) is 0.354. The molecule has 0 unspecified atom stereocenters. The molecule has 0 aromatic heterocycles.